The minimum absolute atomic E-state index is 0.103. The van der Waals surface area contributed by atoms with Crippen molar-refractivity contribution in [3.63, 3.8) is 0 Å². The van der Waals surface area contributed by atoms with Crippen LogP contribution in [0.3, 0.4) is 0 Å². The van der Waals surface area contributed by atoms with Gasteiger partial charge in [-0.05, 0) is 30.8 Å². The minimum Gasteiger partial charge on any atom is -0.313 e. The van der Waals surface area contributed by atoms with Crippen LogP contribution in [-0.4, -0.2) is 33.3 Å². The maximum absolute atomic E-state index is 12.2. The predicted molar refractivity (Wildman–Crippen MR) is 84.8 cm³/mol. The van der Waals surface area contributed by atoms with Crippen LogP contribution in [-0.2, 0) is 15.4 Å². The average Bonchev–Trinajstić information content (AvgIpc) is 2.92. The van der Waals surface area contributed by atoms with Crippen LogP contribution in [0.1, 0.15) is 38.0 Å². The van der Waals surface area contributed by atoms with E-state index in [2.05, 4.69) is 30.0 Å². The van der Waals surface area contributed by atoms with E-state index in [4.69, 9.17) is 0 Å². The highest BCUT2D eigenvalue weighted by molar-refractivity contribution is 7.89. The van der Waals surface area contributed by atoms with Crippen LogP contribution in [0.5, 0.6) is 0 Å². The van der Waals surface area contributed by atoms with Gasteiger partial charge in [-0.3, -0.25) is 0 Å². The van der Waals surface area contributed by atoms with E-state index in [1.807, 2.05) is 11.4 Å². The molecule has 1 aromatic heterocycles. The molecule has 1 unspecified atom stereocenters. The molecule has 4 nitrogen and oxygen atoms in total. The van der Waals surface area contributed by atoms with Crippen molar-refractivity contribution in [1.29, 1.82) is 0 Å². The van der Waals surface area contributed by atoms with Crippen molar-refractivity contribution in [2.75, 3.05) is 18.8 Å². The first-order valence-corrected chi connectivity index (χ1v) is 9.67. The summed E-state index contributed by atoms with van der Waals surface area (Å²) in [6.07, 6.45) is 3.22. The zero-order valence-corrected chi connectivity index (χ0v) is 13.8. The monoisotopic (exact) mass is 316 g/mol. The average molecular weight is 316 g/mol. The lowest BCUT2D eigenvalue weighted by Crippen LogP contribution is -2.44. The van der Waals surface area contributed by atoms with Gasteiger partial charge in [0, 0.05) is 22.9 Å². The Labute approximate surface area is 126 Å². The Kier molecular flexibility index (Phi) is 5.23. The summed E-state index contributed by atoms with van der Waals surface area (Å²) >= 11 is 1.67. The molecular formula is C14H24N2O2S2. The van der Waals surface area contributed by atoms with Gasteiger partial charge < -0.3 is 5.32 Å². The molecule has 1 aliphatic rings. The number of nitrogens with one attached hydrogen (secondary N) is 2. The third kappa shape index (κ3) is 4.55. The molecule has 0 saturated carbocycles. The van der Waals surface area contributed by atoms with E-state index in [-0.39, 0.29) is 17.2 Å². The Morgan fingerprint density at radius 1 is 1.45 bits per heavy atom. The Morgan fingerprint density at radius 3 is 2.85 bits per heavy atom. The molecule has 114 valence electrons. The molecule has 2 N–H and O–H groups in total. The van der Waals surface area contributed by atoms with Crippen LogP contribution in [0.2, 0.25) is 0 Å². The summed E-state index contributed by atoms with van der Waals surface area (Å²) in [6, 6.07) is 4.16. The zero-order valence-electron chi connectivity index (χ0n) is 12.2. The predicted octanol–water partition coefficient (Wildman–Crippen LogP) is 2.09. The first kappa shape index (κ1) is 15.9. The van der Waals surface area contributed by atoms with Crippen LogP contribution >= 0.6 is 11.3 Å². The molecule has 0 bridgehead atoms. The minimum atomic E-state index is -3.21. The molecule has 20 heavy (non-hydrogen) atoms. The van der Waals surface area contributed by atoms with Gasteiger partial charge in [-0.2, -0.15) is 0 Å². The molecule has 1 fully saturated rings. The lowest BCUT2D eigenvalue weighted by Gasteiger charge is -2.26. The fourth-order valence-electron chi connectivity index (χ4n) is 2.43. The van der Waals surface area contributed by atoms with Crippen LogP contribution in [0, 0.1) is 0 Å². The molecule has 1 saturated heterocycles. The molecule has 0 spiro atoms. The van der Waals surface area contributed by atoms with Crippen molar-refractivity contribution in [3.05, 3.63) is 22.4 Å². The maximum atomic E-state index is 12.2. The second kappa shape index (κ2) is 6.56. The zero-order chi connectivity index (χ0) is 14.6. The lowest BCUT2D eigenvalue weighted by molar-refractivity contribution is 0.421. The molecule has 1 aliphatic heterocycles. The van der Waals surface area contributed by atoms with E-state index in [9.17, 15) is 8.42 Å². The third-order valence-electron chi connectivity index (χ3n) is 3.76. The summed E-state index contributed by atoms with van der Waals surface area (Å²) in [5, 5.41) is 5.31. The van der Waals surface area contributed by atoms with Crippen molar-refractivity contribution in [1.82, 2.24) is 10.0 Å². The van der Waals surface area contributed by atoms with Crippen molar-refractivity contribution < 1.29 is 8.42 Å². The molecule has 2 rings (SSSR count). The van der Waals surface area contributed by atoms with Crippen LogP contribution in [0.4, 0.5) is 0 Å². The second-order valence-electron chi connectivity index (χ2n) is 6.11. The molecule has 0 aromatic carbocycles. The van der Waals surface area contributed by atoms with E-state index >= 15 is 0 Å². The van der Waals surface area contributed by atoms with Crippen LogP contribution in [0.15, 0.2) is 17.5 Å². The van der Waals surface area contributed by atoms with Gasteiger partial charge in [-0.25, -0.2) is 13.1 Å². The highest BCUT2D eigenvalue weighted by Gasteiger charge is 2.26. The fourth-order valence-corrected chi connectivity index (χ4v) is 4.80. The largest absolute Gasteiger partial charge is 0.313 e. The molecule has 0 amide bonds. The van der Waals surface area contributed by atoms with Crippen LogP contribution < -0.4 is 10.0 Å². The highest BCUT2D eigenvalue weighted by atomic mass is 32.2. The van der Waals surface area contributed by atoms with Crippen molar-refractivity contribution in [2.24, 2.45) is 0 Å². The normalized spacial score (nSPS) is 21.0. The molecule has 1 aromatic rings. The quantitative estimate of drug-likeness (QED) is 0.845. The van der Waals surface area contributed by atoms with Gasteiger partial charge in [0.2, 0.25) is 10.0 Å². The Morgan fingerprint density at radius 2 is 2.25 bits per heavy atom. The van der Waals surface area contributed by atoms with E-state index < -0.39 is 10.0 Å². The lowest BCUT2D eigenvalue weighted by atomic mass is 9.92. The SMILES string of the molecule is CC(C)(CNS(=O)(=O)CC1CCCCN1)c1cccs1. The van der Waals surface area contributed by atoms with E-state index in [0.29, 0.717) is 6.54 Å². The van der Waals surface area contributed by atoms with Crippen molar-refractivity contribution in [3.8, 4) is 0 Å². The second-order valence-corrected chi connectivity index (χ2v) is 8.91. The summed E-state index contributed by atoms with van der Waals surface area (Å²) in [7, 11) is -3.21. The van der Waals surface area contributed by atoms with Gasteiger partial charge in [0.05, 0.1) is 5.75 Å². The Hall–Kier alpha value is -0.430. The molecule has 6 heteroatoms. The standard InChI is InChI=1S/C14H24N2O2S2/c1-14(2,13-7-5-9-19-13)11-16-20(17,18)10-12-6-3-4-8-15-12/h5,7,9,12,15-16H,3-4,6,8,10-11H2,1-2H3. The third-order valence-corrected chi connectivity index (χ3v) is 6.42. The molecular weight excluding hydrogens is 292 g/mol. The summed E-state index contributed by atoms with van der Waals surface area (Å²) in [5.41, 5.74) is -0.165. The van der Waals surface area contributed by atoms with Crippen molar-refractivity contribution >= 4 is 21.4 Å². The summed E-state index contributed by atoms with van der Waals surface area (Å²) < 4.78 is 27.1. The first-order valence-electron chi connectivity index (χ1n) is 7.14. The summed E-state index contributed by atoms with van der Waals surface area (Å²) in [6.45, 7) is 5.52. The number of thiophene rings is 1. The molecule has 0 radical (unpaired) electrons. The van der Waals surface area contributed by atoms with Gasteiger partial charge in [-0.1, -0.05) is 26.3 Å². The first-order chi connectivity index (χ1) is 9.39. The fraction of sp³-hybridized carbons (Fsp3) is 0.714. The molecule has 2 heterocycles. The van der Waals surface area contributed by atoms with E-state index in [1.54, 1.807) is 11.3 Å². The maximum Gasteiger partial charge on any atom is 0.213 e. The van der Waals surface area contributed by atoms with Gasteiger partial charge in [0.15, 0.2) is 0 Å². The number of piperidine rings is 1. The highest BCUT2D eigenvalue weighted by Crippen LogP contribution is 2.26. The summed E-state index contributed by atoms with van der Waals surface area (Å²) in [4.78, 5) is 1.20. The Bertz CT molecular complexity index is 503. The number of rotatable bonds is 6. The Balaban J connectivity index is 1.88. The van der Waals surface area contributed by atoms with E-state index in [1.165, 1.54) is 4.88 Å². The topological polar surface area (TPSA) is 58.2 Å². The van der Waals surface area contributed by atoms with Gasteiger partial charge in [-0.15, -0.1) is 11.3 Å². The smallest absolute Gasteiger partial charge is 0.213 e. The van der Waals surface area contributed by atoms with Gasteiger partial charge >= 0.3 is 0 Å². The number of hydrogen-bond donors (Lipinski definition) is 2. The van der Waals surface area contributed by atoms with E-state index in [0.717, 1.165) is 25.8 Å². The van der Waals surface area contributed by atoms with Gasteiger partial charge in [0.25, 0.3) is 0 Å². The molecule has 0 aliphatic carbocycles. The van der Waals surface area contributed by atoms with Crippen molar-refractivity contribution in [2.45, 2.75) is 44.6 Å². The number of sulfonamides is 1. The van der Waals surface area contributed by atoms with Crippen LogP contribution in [0.25, 0.3) is 0 Å². The summed E-state index contributed by atoms with van der Waals surface area (Å²) in [5.74, 6) is 0.188. The van der Waals surface area contributed by atoms with Gasteiger partial charge in [0.1, 0.15) is 0 Å². The molecule has 1 atom stereocenters. The number of hydrogen-bond acceptors (Lipinski definition) is 4.